The van der Waals surface area contributed by atoms with Gasteiger partial charge in [0.05, 0.1) is 25.0 Å². The SMILES string of the molecule is O=C(O)CC1CSCCN1C(=O)c1cccc(-c2ccoc2)c1. The molecular weight excluding hydrogens is 314 g/mol. The van der Waals surface area contributed by atoms with Gasteiger partial charge in [-0.15, -0.1) is 0 Å². The zero-order valence-electron chi connectivity index (χ0n) is 12.5. The molecule has 6 heteroatoms. The number of hydrogen-bond donors (Lipinski definition) is 1. The second-order valence-electron chi connectivity index (χ2n) is 5.42. The molecule has 1 amide bonds. The van der Waals surface area contributed by atoms with E-state index in [1.807, 2.05) is 24.3 Å². The molecule has 0 saturated carbocycles. The van der Waals surface area contributed by atoms with E-state index in [0.717, 1.165) is 16.9 Å². The van der Waals surface area contributed by atoms with E-state index in [1.165, 1.54) is 0 Å². The molecule has 2 aromatic rings. The fraction of sp³-hybridized carbons (Fsp3) is 0.294. The van der Waals surface area contributed by atoms with E-state index in [0.29, 0.717) is 17.9 Å². The monoisotopic (exact) mass is 331 g/mol. The predicted octanol–water partition coefficient (Wildman–Crippen LogP) is 2.98. The minimum absolute atomic E-state index is 0.0137. The maximum Gasteiger partial charge on any atom is 0.305 e. The van der Waals surface area contributed by atoms with Crippen molar-refractivity contribution in [2.24, 2.45) is 0 Å². The van der Waals surface area contributed by atoms with E-state index in [-0.39, 0.29) is 18.4 Å². The highest BCUT2D eigenvalue weighted by atomic mass is 32.2. The van der Waals surface area contributed by atoms with Crippen molar-refractivity contribution in [3.63, 3.8) is 0 Å². The summed E-state index contributed by atoms with van der Waals surface area (Å²) in [6.45, 7) is 0.581. The van der Waals surface area contributed by atoms with Gasteiger partial charge in [-0.3, -0.25) is 9.59 Å². The second kappa shape index (κ2) is 6.91. The van der Waals surface area contributed by atoms with Crippen LogP contribution in [-0.2, 0) is 4.79 Å². The van der Waals surface area contributed by atoms with Gasteiger partial charge in [0.2, 0.25) is 0 Å². The van der Waals surface area contributed by atoms with Crippen LogP contribution in [0, 0.1) is 0 Å². The van der Waals surface area contributed by atoms with E-state index in [9.17, 15) is 9.59 Å². The maximum atomic E-state index is 12.8. The first-order chi connectivity index (χ1) is 11.1. The third-order valence-electron chi connectivity index (χ3n) is 3.86. The number of hydrogen-bond acceptors (Lipinski definition) is 4. The normalized spacial score (nSPS) is 17.9. The number of amides is 1. The molecule has 1 aliphatic heterocycles. The molecule has 1 fully saturated rings. The van der Waals surface area contributed by atoms with Crippen LogP contribution in [0.3, 0.4) is 0 Å². The molecule has 2 heterocycles. The van der Waals surface area contributed by atoms with Crippen LogP contribution in [0.4, 0.5) is 0 Å². The largest absolute Gasteiger partial charge is 0.481 e. The first-order valence-electron chi connectivity index (χ1n) is 7.38. The van der Waals surface area contributed by atoms with Gasteiger partial charge in [-0.1, -0.05) is 12.1 Å². The van der Waals surface area contributed by atoms with Gasteiger partial charge in [0, 0.05) is 29.2 Å². The third-order valence-corrected chi connectivity index (χ3v) is 4.95. The summed E-state index contributed by atoms with van der Waals surface area (Å²) in [7, 11) is 0. The molecule has 3 rings (SSSR count). The van der Waals surface area contributed by atoms with Crippen LogP contribution in [0.25, 0.3) is 11.1 Å². The maximum absolute atomic E-state index is 12.8. The minimum Gasteiger partial charge on any atom is -0.481 e. The molecule has 23 heavy (non-hydrogen) atoms. The molecule has 1 saturated heterocycles. The number of carboxylic acids is 1. The summed E-state index contributed by atoms with van der Waals surface area (Å²) in [6.07, 6.45) is 3.21. The van der Waals surface area contributed by atoms with Crippen LogP contribution in [0.2, 0.25) is 0 Å². The Kier molecular flexibility index (Phi) is 4.71. The van der Waals surface area contributed by atoms with Gasteiger partial charge < -0.3 is 14.4 Å². The van der Waals surface area contributed by atoms with E-state index in [4.69, 9.17) is 9.52 Å². The highest BCUT2D eigenvalue weighted by molar-refractivity contribution is 7.99. The molecule has 1 N–H and O–H groups in total. The Morgan fingerprint density at radius 2 is 2.17 bits per heavy atom. The van der Waals surface area contributed by atoms with E-state index >= 15 is 0 Å². The van der Waals surface area contributed by atoms with Crippen molar-refractivity contribution in [3.8, 4) is 11.1 Å². The quantitative estimate of drug-likeness (QED) is 0.932. The molecule has 1 aromatic carbocycles. The molecule has 1 atom stereocenters. The molecule has 0 bridgehead atoms. The Morgan fingerprint density at radius 3 is 2.91 bits per heavy atom. The average Bonchev–Trinajstić information content (AvgIpc) is 3.09. The lowest BCUT2D eigenvalue weighted by molar-refractivity contribution is -0.138. The molecule has 1 aromatic heterocycles. The Hall–Kier alpha value is -2.21. The lowest BCUT2D eigenvalue weighted by Crippen LogP contribution is -2.47. The molecule has 1 aliphatic rings. The van der Waals surface area contributed by atoms with Crippen molar-refractivity contribution in [2.45, 2.75) is 12.5 Å². The molecule has 0 aliphatic carbocycles. The molecule has 120 valence electrons. The van der Waals surface area contributed by atoms with Crippen molar-refractivity contribution in [3.05, 3.63) is 48.4 Å². The number of carbonyl (C=O) groups excluding carboxylic acids is 1. The third kappa shape index (κ3) is 3.59. The van der Waals surface area contributed by atoms with Gasteiger partial charge in [0.15, 0.2) is 0 Å². The average molecular weight is 331 g/mol. The zero-order valence-corrected chi connectivity index (χ0v) is 13.3. The van der Waals surface area contributed by atoms with Crippen molar-refractivity contribution in [1.29, 1.82) is 0 Å². The summed E-state index contributed by atoms with van der Waals surface area (Å²) in [5.41, 5.74) is 2.40. The summed E-state index contributed by atoms with van der Waals surface area (Å²) in [6, 6.07) is 8.94. The smallest absolute Gasteiger partial charge is 0.305 e. The highest BCUT2D eigenvalue weighted by Gasteiger charge is 2.29. The second-order valence-corrected chi connectivity index (χ2v) is 6.57. The lowest BCUT2D eigenvalue weighted by Gasteiger charge is -2.34. The summed E-state index contributed by atoms with van der Waals surface area (Å²) in [4.78, 5) is 25.5. The fourth-order valence-corrected chi connectivity index (χ4v) is 3.78. The Bertz CT molecular complexity index is 698. The van der Waals surface area contributed by atoms with Crippen LogP contribution < -0.4 is 0 Å². The van der Waals surface area contributed by atoms with E-state index in [1.54, 1.807) is 35.3 Å². The number of rotatable bonds is 4. The topological polar surface area (TPSA) is 70.8 Å². The number of furan rings is 1. The van der Waals surface area contributed by atoms with Crippen molar-refractivity contribution < 1.29 is 19.1 Å². The van der Waals surface area contributed by atoms with Gasteiger partial charge in [-0.05, 0) is 23.8 Å². The van der Waals surface area contributed by atoms with Crippen molar-refractivity contribution in [1.82, 2.24) is 4.90 Å². The lowest BCUT2D eigenvalue weighted by atomic mass is 10.0. The Balaban J connectivity index is 1.84. The Morgan fingerprint density at radius 1 is 1.30 bits per heavy atom. The molecule has 1 unspecified atom stereocenters. The van der Waals surface area contributed by atoms with Gasteiger partial charge in [0.25, 0.3) is 5.91 Å². The number of benzene rings is 1. The standard InChI is InChI=1S/C17H17NO4S/c19-16(20)9-15-11-23-7-5-18(15)17(21)13-3-1-2-12(8-13)14-4-6-22-10-14/h1-4,6,8,10,15H,5,7,9,11H2,(H,19,20). The number of carbonyl (C=O) groups is 2. The zero-order chi connectivity index (χ0) is 16.2. The summed E-state index contributed by atoms with van der Waals surface area (Å²) >= 11 is 1.69. The minimum atomic E-state index is -0.873. The first kappa shape index (κ1) is 15.7. The molecule has 0 radical (unpaired) electrons. The summed E-state index contributed by atoms with van der Waals surface area (Å²) in [5, 5.41) is 9.05. The van der Waals surface area contributed by atoms with Crippen LogP contribution >= 0.6 is 11.8 Å². The number of aliphatic carboxylic acids is 1. The van der Waals surface area contributed by atoms with Crippen molar-refractivity contribution >= 4 is 23.6 Å². The van der Waals surface area contributed by atoms with Gasteiger partial charge in [0.1, 0.15) is 0 Å². The molecular formula is C17H17NO4S. The number of carboxylic acid groups (broad SMARTS) is 1. The van der Waals surface area contributed by atoms with E-state index in [2.05, 4.69) is 0 Å². The van der Waals surface area contributed by atoms with E-state index < -0.39 is 5.97 Å². The number of nitrogens with zero attached hydrogens (tertiary/aromatic N) is 1. The summed E-state index contributed by atoms with van der Waals surface area (Å²) < 4.78 is 5.08. The van der Waals surface area contributed by atoms with Crippen LogP contribution in [0.15, 0.2) is 47.3 Å². The highest BCUT2D eigenvalue weighted by Crippen LogP contribution is 2.24. The van der Waals surface area contributed by atoms with Gasteiger partial charge in [-0.2, -0.15) is 11.8 Å². The van der Waals surface area contributed by atoms with Crippen molar-refractivity contribution in [2.75, 3.05) is 18.1 Å². The summed E-state index contributed by atoms with van der Waals surface area (Å²) in [5.74, 6) is 0.521. The van der Waals surface area contributed by atoms with Crippen LogP contribution in [-0.4, -0.2) is 46.0 Å². The van der Waals surface area contributed by atoms with Gasteiger partial charge in [-0.25, -0.2) is 0 Å². The molecule has 0 spiro atoms. The van der Waals surface area contributed by atoms with Crippen LogP contribution in [0.5, 0.6) is 0 Å². The van der Waals surface area contributed by atoms with Gasteiger partial charge >= 0.3 is 5.97 Å². The number of thioether (sulfide) groups is 1. The Labute approximate surface area is 138 Å². The first-order valence-corrected chi connectivity index (χ1v) is 8.54. The predicted molar refractivity (Wildman–Crippen MR) is 88.5 cm³/mol. The fourth-order valence-electron chi connectivity index (χ4n) is 2.72. The van der Waals surface area contributed by atoms with Crippen LogP contribution in [0.1, 0.15) is 16.8 Å². The molecule has 5 nitrogen and oxygen atoms in total.